The second kappa shape index (κ2) is 4.91. The number of hydrogen-bond donors (Lipinski definition) is 1. The van der Waals surface area contributed by atoms with Gasteiger partial charge in [0, 0.05) is 0 Å². The maximum absolute atomic E-state index is 10.5. The summed E-state index contributed by atoms with van der Waals surface area (Å²) in [5.41, 5.74) is 4.07. The van der Waals surface area contributed by atoms with Gasteiger partial charge in [-0.1, -0.05) is 23.4 Å². The maximum atomic E-state index is 10.5. The Morgan fingerprint density at radius 1 is 1.26 bits per heavy atom. The van der Waals surface area contributed by atoms with Gasteiger partial charge in [0.05, 0.1) is 33.7 Å². The van der Waals surface area contributed by atoms with Gasteiger partial charge in [0.25, 0.3) is 0 Å². The van der Waals surface area contributed by atoms with Gasteiger partial charge in [-0.3, -0.25) is 0 Å². The molecule has 0 aliphatic rings. The molecule has 19 heavy (non-hydrogen) atoms. The van der Waals surface area contributed by atoms with Crippen molar-refractivity contribution in [2.45, 2.75) is 13.0 Å². The highest BCUT2D eigenvalue weighted by atomic mass is 32.1. The van der Waals surface area contributed by atoms with Crippen LogP contribution in [0.1, 0.15) is 22.4 Å². The Kier molecular flexibility index (Phi) is 3.10. The first kappa shape index (κ1) is 12.0. The normalized spacial score (nSPS) is 12.5. The van der Waals surface area contributed by atoms with Crippen molar-refractivity contribution in [3.05, 3.63) is 58.3 Å². The van der Waals surface area contributed by atoms with Crippen LogP contribution in [-0.2, 0) is 0 Å². The Bertz CT molecular complexity index is 677. The van der Waals surface area contributed by atoms with Crippen LogP contribution >= 0.6 is 11.3 Å². The van der Waals surface area contributed by atoms with Crippen LogP contribution in [0, 0.1) is 6.92 Å². The van der Waals surface area contributed by atoms with Gasteiger partial charge in [-0.15, -0.1) is 16.4 Å². The lowest BCUT2D eigenvalue weighted by Crippen LogP contribution is -2.08. The fourth-order valence-corrected chi connectivity index (χ4v) is 2.70. The summed E-state index contributed by atoms with van der Waals surface area (Å²) in [6, 6.07) is 9.62. The van der Waals surface area contributed by atoms with Gasteiger partial charge in [0.2, 0.25) is 0 Å². The molecule has 3 aromatic rings. The van der Waals surface area contributed by atoms with Crippen LogP contribution in [0.5, 0.6) is 0 Å². The topological polar surface area (TPSA) is 63.8 Å². The van der Waals surface area contributed by atoms with Gasteiger partial charge >= 0.3 is 0 Å². The fraction of sp³-hybridized carbons (Fsp3) is 0.154. The van der Waals surface area contributed by atoms with E-state index in [-0.39, 0.29) is 0 Å². The quantitative estimate of drug-likeness (QED) is 0.793. The minimum atomic E-state index is -0.761. The smallest absolute Gasteiger partial charge is 0.134 e. The highest BCUT2D eigenvalue weighted by molar-refractivity contribution is 7.09. The molecule has 1 atom stereocenters. The molecular formula is C13H12N4OS. The lowest BCUT2D eigenvalue weighted by Gasteiger charge is -2.11. The number of rotatable bonds is 3. The molecule has 0 aliphatic carbocycles. The SMILES string of the molecule is Cc1ncsc1C(O)c1cnnn1-c1ccccc1. The van der Waals surface area contributed by atoms with Crippen LogP contribution in [0.4, 0.5) is 0 Å². The number of thiazole rings is 1. The molecular weight excluding hydrogens is 260 g/mol. The van der Waals surface area contributed by atoms with Crippen molar-refractivity contribution in [1.29, 1.82) is 0 Å². The van der Waals surface area contributed by atoms with Crippen LogP contribution in [-0.4, -0.2) is 25.1 Å². The Hall–Kier alpha value is -2.05. The molecule has 1 N–H and O–H groups in total. The lowest BCUT2D eigenvalue weighted by atomic mass is 10.2. The molecule has 1 aromatic carbocycles. The molecule has 0 saturated heterocycles. The molecule has 1 unspecified atom stereocenters. The molecule has 96 valence electrons. The van der Waals surface area contributed by atoms with E-state index in [9.17, 15) is 5.11 Å². The minimum Gasteiger partial charge on any atom is -0.381 e. The van der Waals surface area contributed by atoms with Gasteiger partial charge in [-0.25, -0.2) is 9.67 Å². The monoisotopic (exact) mass is 272 g/mol. The van der Waals surface area contributed by atoms with E-state index < -0.39 is 6.10 Å². The zero-order valence-corrected chi connectivity index (χ0v) is 11.1. The molecule has 0 radical (unpaired) electrons. The van der Waals surface area contributed by atoms with E-state index >= 15 is 0 Å². The average Bonchev–Trinajstić information content (AvgIpc) is 3.07. The van der Waals surface area contributed by atoms with E-state index in [2.05, 4.69) is 15.3 Å². The second-order valence-corrected chi connectivity index (χ2v) is 5.00. The number of aromatic nitrogens is 4. The second-order valence-electron chi connectivity index (χ2n) is 4.11. The van der Waals surface area contributed by atoms with E-state index in [0.717, 1.165) is 16.3 Å². The third kappa shape index (κ3) is 2.16. The van der Waals surface area contributed by atoms with E-state index in [0.29, 0.717) is 5.69 Å². The first-order chi connectivity index (χ1) is 9.27. The van der Waals surface area contributed by atoms with Crippen LogP contribution in [0.2, 0.25) is 0 Å². The van der Waals surface area contributed by atoms with Gasteiger partial charge in [0.1, 0.15) is 6.10 Å². The van der Waals surface area contributed by atoms with Crippen LogP contribution in [0.15, 0.2) is 42.0 Å². The van der Waals surface area contributed by atoms with Gasteiger partial charge in [-0.2, -0.15) is 0 Å². The van der Waals surface area contributed by atoms with E-state index in [4.69, 9.17) is 0 Å². The number of hydrogen-bond acceptors (Lipinski definition) is 5. The molecule has 2 heterocycles. The standard InChI is InChI=1S/C13H12N4OS/c1-9-13(19-8-14-9)12(18)11-7-15-16-17(11)10-5-3-2-4-6-10/h2-8,12,18H,1H3. The first-order valence-electron chi connectivity index (χ1n) is 5.81. The number of benzene rings is 1. The van der Waals surface area contributed by atoms with E-state index in [1.807, 2.05) is 37.3 Å². The number of aryl methyl sites for hydroxylation is 1. The third-order valence-electron chi connectivity index (χ3n) is 2.89. The van der Waals surface area contributed by atoms with E-state index in [1.54, 1.807) is 16.4 Å². The largest absolute Gasteiger partial charge is 0.381 e. The highest BCUT2D eigenvalue weighted by Gasteiger charge is 2.20. The molecule has 5 nitrogen and oxygen atoms in total. The Labute approximate surface area is 114 Å². The molecule has 0 spiro atoms. The van der Waals surface area contributed by atoms with Gasteiger partial charge in [0.15, 0.2) is 0 Å². The molecule has 0 saturated carbocycles. The number of nitrogens with zero attached hydrogens (tertiary/aromatic N) is 4. The minimum absolute atomic E-state index is 0.638. The molecule has 0 amide bonds. The molecule has 0 fully saturated rings. The zero-order chi connectivity index (χ0) is 13.2. The third-order valence-corrected chi connectivity index (χ3v) is 3.87. The predicted octanol–water partition coefficient (Wildman–Crippen LogP) is 2.11. The number of para-hydroxylation sites is 1. The van der Waals surface area contributed by atoms with Crippen molar-refractivity contribution in [2.24, 2.45) is 0 Å². The summed E-state index contributed by atoms with van der Waals surface area (Å²) in [7, 11) is 0. The van der Waals surface area contributed by atoms with Crippen molar-refractivity contribution < 1.29 is 5.11 Å². The summed E-state index contributed by atoms with van der Waals surface area (Å²) in [4.78, 5) is 4.98. The molecule has 0 bridgehead atoms. The Morgan fingerprint density at radius 2 is 2.05 bits per heavy atom. The molecule has 6 heteroatoms. The Balaban J connectivity index is 2.04. The van der Waals surface area contributed by atoms with E-state index in [1.165, 1.54) is 11.3 Å². The highest BCUT2D eigenvalue weighted by Crippen LogP contribution is 2.28. The summed E-state index contributed by atoms with van der Waals surface area (Å²) >= 11 is 1.43. The van der Waals surface area contributed by atoms with Gasteiger partial charge in [-0.05, 0) is 19.1 Å². The number of aliphatic hydroxyl groups is 1. The summed E-state index contributed by atoms with van der Waals surface area (Å²) in [6.07, 6.45) is 0.819. The molecule has 3 rings (SSSR count). The Morgan fingerprint density at radius 3 is 2.74 bits per heavy atom. The van der Waals surface area contributed by atoms with Crippen molar-refractivity contribution in [2.75, 3.05) is 0 Å². The van der Waals surface area contributed by atoms with Crippen molar-refractivity contribution >= 4 is 11.3 Å². The van der Waals surface area contributed by atoms with Crippen LogP contribution in [0.3, 0.4) is 0 Å². The summed E-state index contributed by atoms with van der Waals surface area (Å²) in [5.74, 6) is 0. The zero-order valence-electron chi connectivity index (χ0n) is 10.3. The summed E-state index contributed by atoms with van der Waals surface area (Å²) in [6.45, 7) is 1.88. The van der Waals surface area contributed by atoms with Crippen molar-refractivity contribution in [3.8, 4) is 5.69 Å². The first-order valence-corrected chi connectivity index (χ1v) is 6.69. The summed E-state index contributed by atoms with van der Waals surface area (Å²) in [5, 5.41) is 18.4. The van der Waals surface area contributed by atoms with Crippen molar-refractivity contribution in [3.63, 3.8) is 0 Å². The predicted molar refractivity (Wildman–Crippen MR) is 72.3 cm³/mol. The van der Waals surface area contributed by atoms with Gasteiger partial charge < -0.3 is 5.11 Å². The molecule has 0 aliphatic heterocycles. The lowest BCUT2D eigenvalue weighted by molar-refractivity contribution is 0.215. The average molecular weight is 272 g/mol. The van der Waals surface area contributed by atoms with Crippen molar-refractivity contribution in [1.82, 2.24) is 20.0 Å². The van der Waals surface area contributed by atoms with Crippen LogP contribution < -0.4 is 0 Å². The van der Waals surface area contributed by atoms with Crippen LogP contribution in [0.25, 0.3) is 5.69 Å². The fourth-order valence-electron chi connectivity index (χ4n) is 1.91. The number of aliphatic hydroxyl groups excluding tert-OH is 1. The molecule has 2 aromatic heterocycles. The summed E-state index contributed by atoms with van der Waals surface area (Å²) < 4.78 is 1.64. The maximum Gasteiger partial charge on any atom is 0.134 e.